The molecule has 1 aliphatic heterocycles. The maximum absolute atomic E-state index is 3.51. The Kier molecular flexibility index (Phi) is 4.97. The number of nitrogens with zero attached hydrogens (tertiary/aromatic N) is 1. The van der Waals surface area contributed by atoms with Crippen molar-refractivity contribution >= 4 is 0 Å². The van der Waals surface area contributed by atoms with Gasteiger partial charge < -0.3 is 5.32 Å². The van der Waals surface area contributed by atoms with Gasteiger partial charge in [0.05, 0.1) is 0 Å². The Labute approximate surface area is 129 Å². The molecule has 1 heterocycles. The average molecular weight is 286 g/mol. The van der Waals surface area contributed by atoms with E-state index < -0.39 is 0 Å². The number of piperazine rings is 1. The molecule has 3 rings (SSSR count). The van der Waals surface area contributed by atoms with Crippen LogP contribution in [0.25, 0.3) is 0 Å². The Morgan fingerprint density at radius 3 is 2.19 bits per heavy atom. The molecule has 1 saturated carbocycles. The minimum absolute atomic E-state index is 0.644. The summed E-state index contributed by atoms with van der Waals surface area (Å²) in [6.45, 7) is 9.18. The molecule has 116 valence electrons. The van der Waals surface area contributed by atoms with Crippen LogP contribution in [-0.4, -0.2) is 31.1 Å². The Hall–Kier alpha value is -0.860. The molecule has 2 fully saturated rings. The highest BCUT2D eigenvalue weighted by atomic mass is 15.2. The first kappa shape index (κ1) is 15.1. The van der Waals surface area contributed by atoms with Crippen LogP contribution >= 0.6 is 0 Å². The van der Waals surface area contributed by atoms with Crippen LogP contribution in [-0.2, 0) is 0 Å². The first-order valence-electron chi connectivity index (χ1n) is 8.77. The van der Waals surface area contributed by atoms with Gasteiger partial charge in [0.2, 0.25) is 0 Å². The van der Waals surface area contributed by atoms with E-state index in [9.17, 15) is 0 Å². The fourth-order valence-corrected chi connectivity index (χ4v) is 4.37. The molecule has 0 radical (unpaired) electrons. The summed E-state index contributed by atoms with van der Waals surface area (Å²) >= 11 is 0. The highest BCUT2D eigenvalue weighted by molar-refractivity contribution is 5.31. The monoisotopic (exact) mass is 286 g/mol. The smallest absolute Gasteiger partial charge is 0.0377 e. The molecule has 2 heteroatoms. The highest BCUT2D eigenvalue weighted by Crippen LogP contribution is 2.39. The maximum Gasteiger partial charge on any atom is 0.0377 e. The van der Waals surface area contributed by atoms with Crippen molar-refractivity contribution in [2.24, 2.45) is 5.92 Å². The van der Waals surface area contributed by atoms with Gasteiger partial charge in [0.15, 0.2) is 0 Å². The van der Waals surface area contributed by atoms with E-state index in [1.165, 1.54) is 56.3 Å². The molecular weight excluding hydrogens is 256 g/mol. The quantitative estimate of drug-likeness (QED) is 0.908. The van der Waals surface area contributed by atoms with Crippen LogP contribution in [0.1, 0.15) is 54.8 Å². The number of nitrogens with one attached hydrogen (secondary N) is 1. The van der Waals surface area contributed by atoms with Crippen LogP contribution in [0.5, 0.6) is 0 Å². The molecule has 0 spiro atoms. The van der Waals surface area contributed by atoms with Crippen LogP contribution < -0.4 is 5.32 Å². The van der Waals surface area contributed by atoms with Crippen LogP contribution in [0.15, 0.2) is 18.2 Å². The second-order valence-electron chi connectivity index (χ2n) is 7.05. The van der Waals surface area contributed by atoms with Gasteiger partial charge in [0.1, 0.15) is 0 Å². The fraction of sp³-hybridized carbons (Fsp3) is 0.684. The molecule has 0 bridgehead atoms. The molecule has 1 aliphatic carbocycles. The molecule has 0 aromatic heterocycles. The molecule has 1 aromatic carbocycles. The summed E-state index contributed by atoms with van der Waals surface area (Å²) in [6, 6.07) is 7.83. The van der Waals surface area contributed by atoms with Crippen molar-refractivity contribution < 1.29 is 0 Å². The Morgan fingerprint density at radius 2 is 1.57 bits per heavy atom. The van der Waals surface area contributed by atoms with E-state index in [4.69, 9.17) is 0 Å². The van der Waals surface area contributed by atoms with Gasteiger partial charge in [0, 0.05) is 32.2 Å². The van der Waals surface area contributed by atoms with E-state index in [1.54, 1.807) is 5.56 Å². The Balaban J connectivity index is 1.89. The third-order valence-electron chi connectivity index (χ3n) is 5.23. The SMILES string of the molecule is Cc1cc(C)cc([C@@H](C2CCCCC2)N2CCNCC2)c1. The number of aryl methyl sites for hydroxylation is 2. The van der Waals surface area contributed by atoms with Crippen molar-refractivity contribution in [2.45, 2.75) is 52.0 Å². The minimum Gasteiger partial charge on any atom is -0.314 e. The summed E-state index contributed by atoms with van der Waals surface area (Å²) in [7, 11) is 0. The average Bonchev–Trinajstić information content (AvgIpc) is 2.49. The summed E-state index contributed by atoms with van der Waals surface area (Å²) in [5.41, 5.74) is 4.41. The third kappa shape index (κ3) is 3.67. The van der Waals surface area contributed by atoms with E-state index >= 15 is 0 Å². The Morgan fingerprint density at radius 1 is 0.952 bits per heavy atom. The first-order valence-corrected chi connectivity index (χ1v) is 8.77. The van der Waals surface area contributed by atoms with Crippen LogP contribution in [0.2, 0.25) is 0 Å². The minimum atomic E-state index is 0.644. The van der Waals surface area contributed by atoms with Gasteiger partial charge in [-0.3, -0.25) is 4.90 Å². The van der Waals surface area contributed by atoms with E-state index in [0.29, 0.717) is 6.04 Å². The van der Waals surface area contributed by atoms with E-state index in [1.807, 2.05) is 0 Å². The molecule has 0 amide bonds. The van der Waals surface area contributed by atoms with E-state index in [0.717, 1.165) is 19.0 Å². The van der Waals surface area contributed by atoms with Gasteiger partial charge >= 0.3 is 0 Å². The van der Waals surface area contributed by atoms with Crippen LogP contribution in [0, 0.1) is 19.8 Å². The molecule has 1 aromatic rings. The number of hydrogen-bond donors (Lipinski definition) is 1. The fourth-order valence-electron chi connectivity index (χ4n) is 4.37. The maximum atomic E-state index is 3.51. The Bertz CT molecular complexity index is 418. The second kappa shape index (κ2) is 6.93. The van der Waals surface area contributed by atoms with E-state index in [-0.39, 0.29) is 0 Å². The van der Waals surface area contributed by atoms with Crippen molar-refractivity contribution in [2.75, 3.05) is 26.2 Å². The predicted octanol–water partition coefficient (Wildman–Crippen LogP) is 3.83. The molecule has 2 nitrogen and oxygen atoms in total. The summed E-state index contributed by atoms with van der Waals surface area (Å²) < 4.78 is 0. The standard InChI is InChI=1S/C19H30N2/c1-15-12-16(2)14-18(13-15)19(17-6-4-3-5-7-17)21-10-8-20-9-11-21/h12-14,17,19-20H,3-11H2,1-2H3/t19-/m1/s1. The van der Waals surface area contributed by atoms with Gasteiger partial charge in [-0.1, -0.05) is 48.6 Å². The molecule has 0 unspecified atom stereocenters. The summed E-state index contributed by atoms with van der Waals surface area (Å²) in [5, 5.41) is 3.51. The number of hydrogen-bond acceptors (Lipinski definition) is 2. The summed E-state index contributed by atoms with van der Waals surface area (Å²) in [4.78, 5) is 2.75. The van der Waals surface area contributed by atoms with Gasteiger partial charge in [-0.25, -0.2) is 0 Å². The molecule has 1 atom stereocenters. The molecule has 1 saturated heterocycles. The van der Waals surface area contributed by atoms with Gasteiger partial charge in [-0.05, 0) is 38.2 Å². The summed E-state index contributed by atoms with van der Waals surface area (Å²) in [5.74, 6) is 0.859. The van der Waals surface area contributed by atoms with Crippen molar-refractivity contribution in [3.8, 4) is 0 Å². The zero-order valence-corrected chi connectivity index (χ0v) is 13.7. The number of rotatable bonds is 3. The van der Waals surface area contributed by atoms with Crippen molar-refractivity contribution in [3.63, 3.8) is 0 Å². The molecule has 1 N–H and O–H groups in total. The second-order valence-corrected chi connectivity index (χ2v) is 7.05. The molecule has 21 heavy (non-hydrogen) atoms. The third-order valence-corrected chi connectivity index (χ3v) is 5.23. The molecule has 2 aliphatic rings. The lowest BCUT2D eigenvalue weighted by Crippen LogP contribution is -2.47. The zero-order valence-electron chi connectivity index (χ0n) is 13.7. The van der Waals surface area contributed by atoms with Crippen LogP contribution in [0.4, 0.5) is 0 Å². The first-order chi connectivity index (χ1) is 10.2. The largest absolute Gasteiger partial charge is 0.314 e. The van der Waals surface area contributed by atoms with Crippen molar-refractivity contribution in [1.82, 2.24) is 10.2 Å². The lowest BCUT2D eigenvalue weighted by Gasteiger charge is -2.41. The number of benzene rings is 1. The topological polar surface area (TPSA) is 15.3 Å². The lowest BCUT2D eigenvalue weighted by molar-refractivity contribution is 0.103. The van der Waals surface area contributed by atoms with Gasteiger partial charge in [-0.15, -0.1) is 0 Å². The van der Waals surface area contributed by atoms with Crippen molar-refractivity contribution in [1.29, 1.82) is 0 Å². The van der Waals surface area contributed by atoms with Crippen LogP contribution in [0.3, 0.4) is 0 Å². The van der Waals surface area contributed by atoms with Gasteiger partial charge in [0.25, 0.3) is 0 Å². The molecular formula is C19H30N2. The van der Waals surface area contributed by atoms with E-state index in [2.05, 4.69) is 42.3 Å². The normalized spacial score (nSPS) is 23.1. The zero-order chi connectivity index (χ0) is 14.7. The highest BCUT2D eigenvalue weighted by Gasteiger charge is 2.30. The van der Waals surface area contributed by atoms with Crippen molar-refractivity contribution in [3.05, 3.63) is 34.9 Å². The predicted molar refractivity (Wildman–Crippen MR) is 89.7 cm³/mol. The lowest BCUT2D eigenvalue weighted by atomic mass is 9.79. The van der Waals surface area contributed by atoms with Gasteiger partial charge in [-0.2, -0.15) is 0 Å². The summed E-state index contributed by atoms with van der Waals surface area (Å²) in [6.07, 6.45) is 7.14.